The molecule has 2 rings (SSSR count). The van der Waals surface area contributed by atoms with Gasteiger partial charge < -0.3 is 15.1 Å². The Hall–Kier alpha value is -0.610. The minimum atomic E-state index is 0.0792. The molecule has 2 fully saturated rings. The van der Waals surface area contributed by atoms with E-state index >= 15 is 0 Å². The van der Waals surface area contributed by atoms with Crippen molar-refractivity contribution in [3.05, 3.63) is 0 Å². The molecule has 4 nitrogen and oxygen atoms in total. The van der Waals surface area contributed by atoms with E-state index in [0.29, 0.717) is 18.0 Å². The van der Waals surface area contributed by atoms with Crippen molar-refractivity contribution in [2.75, 3.05) is 26.7 Å². The molecule has 0 aromatic rings. The Balaban J connectivity index is 1.88. The van der Waals surface area contributed by atoms with Crippen molar-refractivity contribution >= 4 is 5.91 Å². The summed E-state index contributed by atoms with van der Waals surface area (Å²) in [5, 5.41) is 3.46. The van der Waals surface area contributed by atoms with Gasteiger partial charge in [-0.2, -0.15) is 0 Å². The van der Waals surface area contributed by atoms with E-state index in [1.165, 1.54) is 0 Å². The normalized spacial score (nSPS) is 35.2. The van der Waals surface area contributed by atoms with Crippen molar-refractivity contribution < 1.29 is 4.79 Å². The predicted octanol–water partition coefficient (Wildman–Crippen LogP) is 0.680. The molecule has 0 aromatic heterocycles. The highest BCUT2D eigenvalue weighted by Gasteiger charge is 2.33. The van der Waals surface area contributed by atoms with Gasteiger partial charge >= 0.3 is 0 Å². The topological polar surface area (TPSA) is 35.6 Å². The zero-order chi connectivity index (χ0) is 12.4. The van der Waals surface area contributed by atoms with Crippen LogP contribution in [0.15, 0.2) is 0 Å². The molecular weight excluding hydrogens is 214 g/mol. The van der Waals surface area contributed by atoms with Crippen LogP contribution in [0, 0.1) is 0 Å². The summed E-state index contributed by atoms with van der Waals surface area (Å²) in [6.07, 6.45) is 3.29. The highest BCUT2D eigenvalue weighted by molar-refractivity contribution is 5.82. The van der Waals surface area contributed by atoms with Gasteiger partial charge in [0.15, 0.2) is 0 Å². The fourth-order valence-corrected chi connectivity index (χ4v) is 2.80. The molecule has 2 saturated heterocycles. The maximum absolute atomic E-state index is 12.4. The van der Waals surface area contributed by atoms with Crippen LogP contribution in [0.2, 0.25) is 0 Å². The summed E-state index contributed by atoms with van der Waals surface area (Å²) in [6, 6.07) is 1.11. The molecule has 0 aromatic carbocycles. The number of hydrogen-bond acceptors (Lipinski definition) is 3. The Kier molecular flexibility index (Phi) is 4.05. The minimum Gasteiger partial charge on any atom is -0.339 e. The second kappa shape index (κ2) is 5.36. The Bertz CT molecular complexity index is 282. The third-order valence-corrected chi connectivity index (χ3v) is 4.30. The number of amides is 1. The molecule has 98 valence electrons. The van der Waals surface area contributed by atoms with Crippen LogP contribution in [0.25, 0.3) is 0 Å². The number of piperazine rings is 1. The van der Waals surface area contributed by atoms with Gasteiger partial charge in [0.2, 0.25) is 5.91 Å². The maximum atomic E-state index is 12.4. The van der Waals surface area contributed by atoms with Gasteiger partial charge in [0.25, 0.3) is 0 Å². The molecule has 0 aliphatic carbocycles. The van der Waals surface area contributed by atoms with Crippen molar-refractivity contribution in [1.82, 2.24) is 15.1 Å². The number of rotatable bonds is 2. The summed E-state index contributed by atoms with van der Waals surface area (Å²) in [7, 11) is 2.13. The first-order valence-electron chi connectivity index (χ1n) is 6.87. The van der Waals surface area contributed by atoms with Crippen molar-refractivity contribution in [2.45, 2.75) is 51.2 Å². The van der Waals surface area contributed by atoms with Crippen molar-refractivity contribution in [1.29, 1.82) is 0 Å². The molecular formula is C13H25N3O. The number of nitrogens with one attached hydrogen (secondary N) is 1. The van der Waals surface area contributed by atoms with Crippen molar-refractivity contribution in [3.8, 4) is 0 Å². The van der Waals surface area contributed by atoms with Crippen molar-refractivity contribution in [2.24, 2.45) is 0 Å². The van der Waals surface area contributed by atoms with Gasteiger partial charge in [0.05, 0.1) is 6.04 Å². The highest BCUT2D eigenvalue weighted by Crippen LogP contribution is 2.18. The number of likely N-dealkylation sites (N-methyl/N-ethyl adjacent to an activating group) is 1. The van der Waals surface area contributed by atoms with E-state index in [0.717, 1.165) is 38.9 Å². The van der Waals surface area contributed by atoms with Gasteiger partial charge in [0, 0.05) is 31.7 Å². The molecule has 2 heterocycles. The first-order valence-corrected chi connectivity index (χ1v) is 6.87. The van der Waals surface area contributed by atoms with Crippen LogP contribution in [0.4, 0.5) is 0 Å². The van der Waals surface area contributed by atoms with Crippen LogP contribution in [0.1, 0.15) is 33.1 Å². The van der Waals surface area contributed by atoms with E-state index in [4.69, 9.17) is 0 Å². The lowest BCUT2D eigenvalue weighted by Gasteiger charge is -2.38. The summed E-state index contributed by atoms with van der Waals surface area (Å²) < 4.78 is 0. The second-order valence-corrected chi connectivity index (χ2v) is 5.52. The Labute approximate surface area is 104 Å². The zero-order valence-corrected chi connectivity index (χ0v) is 11.3. The fourth-order valence-electron chi connectivity index (χ4n) is 2.80. The minimum absolute atomic E-state index is 0.0792. The van der Waals surface area contributed by atoms with E-state index in [9.17, 15) is 4.79 Å². The third kappa shape index (κ3) is 2.80. The lowest BCUT2D eigenvalue weighted by atomic mass is 10.1. The molecule has 1 amide bonds. The summed E-state index contributed by atoms with van der Waals surface area (Å²) >= 11 is 0. The molecule has 3 atom stereocenters. The quantitative estimate of drug-likeness (QED) is 0.770. The highest BCUT2D eigenvalue weighted by atomic mass is 16.2. The summed E-state index contributed by atoms with van der Waals surface area (Å²) in [5.74, 6) is 0.320. The fraction of sp³-hybridized carbons (Fsp3) is 0.923. The van der Waals surface area contributed by atoms with E-state index in [-0.39, 0.29) is 6.04 Å². The lowest BCUT2D eigenvalue weighted by molar-refractivity contribution is -0.135. The van der Waals surface area contributed by atoms with E-state index < -0.39 is 0 Å². The molecule has 0 spiro atoms. The molecule has 4 heteroatoms. The standard InChI is InChI=1S/C13H25N3O/c1-4-11-5-6-12(14-11)13(17)16-8-7-15(3)10(2)9-16/h10-12,14H,4-9H2,1-3H3/t10-,11-,12+/m1/s1. The summed E-state index contributed by atoms with van der Waals surface area (Å²) in [6.45, 7) is 7.13. The van der Waals surface area contributed by atoms with E-state index in [1.807, 2.05) is 4.90 Å². The monoisotopic (exact) mass is 239 g/mol. The van der Waals surface area contributed by atoms with Gasteiger partial charge in [-0.25, -0.2) is 0 Å². The van der Waals surface area contributed by atoms with Gasteiger partial charge in [-0.1, -0.05) is 6.92 Å². The number of carbonyl (C=O) groups excluding carboxylic acids is 1. The summed E-state index contributed by atoms with van der Waals surface area (Å²) in [5.41, 5.74) is 0. The number of hydrogen-bond donors (Lipinski definition) is 1. The zero-order valence-electron chi connectivity index (χ0n) is 11.3. The van der Waals surface area contributed by atoms with Gasteiger partial charge in [-0.3, -0.25) is 4.79 Å². The SMILES string of the molecule is CC[C@@H]1CC[C@@H](C(=O)N2CCN(C)[C@H](C)C2)N1. The average molecular weight is 239 g/mol. The predicted molar refractivity (Wildman–Crippen MR) is 68.9 cm³/mol. The van der Waals surface area contributed by atoms with Crippen LogP contribution in [-0.4, -0.2) is 60.5 Å². The average Bonchev–Trinajstić information content (AvgIpc) is 2.80. The largest absolute Gasteiger partial charge is 0.339 e. The Morgan fingerprint density at radius 2 is 2.12 bits per heavy atom. The van der Waals surface area contributed by atoms with E-state index in [2.05, 4.69) is 31.1 Å². The van der Waals surface area contributed by atoms with Gasteiger partial charge in [-0.15, -0.1) is 0 Å². The lowest BCUT2D eigenvalue weighted by Crippen LogP contribution is -2.55. The van der Waals surface area contributed by atoms with Crippen LogP contribution in [-0.2, 0) is 4.79 Å². The molecule has 0 unspecified atom stereocenters. The molecule has 1 N–H and O–H groups in total. The van der Waals surface area contributed by atoms with Crippen LogP contribution >= 0.6 is 0 Å². The molecule has 17 heavy (non-hydrogen) atoms. The third-order valence-electron chi connectivity index (χ3n) is 4.30. The number of nitrogens with zero attached hydrogens (tertiary/aromatic N) is 2. The second-order valence-electron chi connectivity index (χ2n) is 5.52. The molecule has 0 radical (unpaired) electrons. The van der Waals surface area contributed by atoms with Gasteiger partial charge in [0.1, 0.15) is 0 Å². The van der Waals surface area contributed by atoms with Crippen LogP contribution in [0.3, 0.4) is 0 Å². The van der Waals surface area contributed by atoms with Crippen LogP contribution in [0.5, 0.6) is 0 Å². The first kappa shape index (κ1) is 12.8. The molecule has 2 aliphatic rings. The molecule has 2 aliphatic heterocycles. The van der Waals surface area contributed by atoms with Gasteiger partial charge in [-0.05, 0) is 33.2 Å². The summed E-state index contributed by atoms with van der Waals surface area (Å²) in [4.78, 5) is 16.7. The van der Waals surface area contributed by atoms with Crippen molar-refractivity contribution in [3.63, 3.8) is 0 Å². The number of carbonyl (C=O) groups is 1. The molecule has 0 bridgehead atoms. The van der Waals surface area contributed by atoms with Crippen LogP contribution < -0.4 is 5.32 Å². The maximum Gasteiger partial charge on any atom is 0.239 e. The van der Waals surface area contributed by atoms with E-state index in [1.54, 1.807) is 0 Å². The smallest absolute Gasteiger partial charge is 0.239 e. The Morgan fingerprint density at radius 3 is 2.71 bits per heavy atom. The first-order chi connectivity index (χ1) is 8.11. The molecule has 0 saturated carbocycles. The Morgan fingerprint density at radius 1 is 1.35 bits per heavy atom.